The molecule has 0 unspecified atom stereocenters. The second kappa shape index (κ2) is 8.49. The third kappa shape index (κ3) is 7.16. The van der Waals surface area contributed by atoms with Crippen LogP contribution in [-0.4, -0.2) is 43.7 Å². The van der Waals surface area contributed by atoms with Gasteiger partial charge in [-0.2, -0.15) is 0 Å². The van der Waals surface area contributed by atoms with Crippen LogP contribution in [0.1, 0.15) is 27.2 Å². The Morgan fingerprint density at radius 1 is 1.53 bits per heavy atom. The maximum Gasteiger partial charge on any atom is 0.208 e. The van der Waals surface area contributed by atoms with Gasteiger partial charge in [0, 0.05) is 20.1 Å². The summed E-state index contributed by atoms with van der Waals surface area (Å²) in [5.41, 5.74) is 2.60. The van der Waals surface area contributed by atoms with E-state index in [-0.39, 0.29) is 6.10 Å². The first kappa shape index (κ1) is 14.2. The van der Waals surface area contributed by atoms with Gasteiger partial charge in [-0.25, -0.2) is 5.84 Å². The van der Waals surface area contributed by atoms with E-state index in [1.807, 2.05) is 25.8 Å². The second-order valence-electron chi connectivity index (χ2n) is 3.69. The Balaban J connectivity index is 3.88. The quantitative estimate of drug-likeness (QED) is 0.295. The maximum atomic E-state index is 5.45. The van der Waals surface area contributed by atoms with E-state index in [0.717, 1.165) is 19.5 Å². The van der Waals surface area contributed by atoms with E-state index >= 15 is 0 Å². The van der Waals surface area contributed by atoms with Crippen LogP contribution < -0.4 is 11.3 Å². The molecule has 0 aliphatic rings. The number of nitrogens with zero attached hydrogens (tertiary/aromatic N) is 2. The SMILES string of the molecule is CCCN=C(NN)N(C)CCOC(C)C. The van der Waals surface area contributed by atoms with Crippen molar-refractivity contribution >= 4 is 5.96 Å². The molecule has 0 atom stereocenters. The molecule has 0 aromatic carbocycles. The minimum atomic E-state index is 0.264. The molecule has 0 radical (unpaired) electrons. The Morgan fingerprint density at radius 3 is 2.67 bits per heavy atom. The first-order chi connectivity index (χ1) is 7.11. The molecule has 5 nitrogen and oxygen atoms in total. The summed E-state index contributed by atoms with van der Waals surface area (Å²) < 4.78 is 5.45. The lowest BCUT2D eigenvalue weighted by atomic mass is 10.5. The summed E-state index contributed by atoms with van der Waals surface area (Å²) in [7, 11) is 1.94. The number of likely N-dealkylation sites (N-methyl/N-ethyl adjacent to an activating group) is 1. The predicted octanol–water partition coefficient (Wildman–Crippen LogP) is 0.573. The van der Waals surface area contributed by atoms with Crippen molar-refractivity contribution in [2.45, 2.75) is 33.3 Å². The molecular weight excluding hydrogens is 192 g/mol. The number of hydrogen-bond donors (Lipinski definition) is 2. The molecule has 3 N–H and O–H groups in total. The molecule has 0 bridgehead atoms. The van der Waals surface area contributed by atoms with E-state index < -0.39 is 0 Å². The van der Waals surface area contributed by atoms with Crippen molar-refractivity contribution in [1.82, 2.24) is 10.3 Å². The number of rotatable bonds is 6. The third-order valence-corrected chi connectivity index (χ3v) is 1.85. The highest BCUT2D eigenvalue weighted by Crippen LogP contribution is 1.91. The first-order valence-corrected chi connectivity index (χ1v) is 5.45. The average Bonchev–Trinajstić information content (AvgIpc) is 2.18. The molecule has 0 saturated carbocycles. The van der Waals surface area contributed by atoms with Crippen molar-refractivity contribution < 1.29 is 4.74 Å². The monoisotopic (exact) mass is 216 g/mol. The van der Waals surface area contributed by atoms with Crippen LogP contribution in [0.4, 0.5) is 0 Å². The van der Waals surface area contributed by atoms with Gasteiger partial charge in [0.15, 0.2) is 0 Å². The van der Waals surface area contributed by atoms with E-state index in [1.165, 1.54) is 0 Å². The van der Waals surface area contributed by atoms with Gasteiger partial charge < -0.3 is 9.64 Å². The molecule has 0 saturated heterocycles. The lowest BCUT2D eigenvalue weighted by molar-refractivity contribution is 0.0721. The maximum absolute atomic E-state index is 5.45. The van der Waals surface area contributed by atoms with E-state index in [2.05, 4.69) is 17.3 Å². The zero-order chi connectivity index (χ0) is 11.7. The molecule has 0 aliphatic carbocycles. The van der Waals surface area contributed by atoms with Crippen molar-refractivity contribution in [3.05, 3.63) is 0 Å². The van der Waals surface area contributed by atoms with E-state index in [9.17, 15) is 0 Å². The minimum Gasteiger partial charge on any atom is -0.377 e. The lowest BCUT2D eigenvalue weighted by Crippen LogP contribution is -2.44. The van der Waals surface area contributed by atoms with E-state index in [1.54, 1.807) is 0 Å². The smallest absolute Gasteiger partial charge is 0.208 e. The number of aliphatic imine (C=N–C) groups is 1. The summed E-state index contributed by atoms with van der Waals surface area (Å²) >= 11 is 0. The van der Waals surface area contributed by atoms with Crippen molar-refractivity contribution in [3.8, 4) is 0 Å². The lowest BCUT2D eigenvalue weighted by Gasteiger charge is -2.21. The molecule has 0 aromatic heterocycles. The van der Waals surface area contributed by atoms with Crippen LogP contribution in [0.25, 0.3) is 0 Å². The number of hydrogen-bond acceptors (Lipinski definition) is 3. The third-order valence-electron chi connectivity index (χ3n) is 1.85. The highest BCUT2D eigenvalue weighted by Gasteiger charge is 2.04. The molecule has 0 spiro atoms. The summed E-state index contributed by atoms with van der Waals surface area (Å²) in [6.07, 6.45) is 1.28. The van der Waals surface area contributed by atoms with Crippen molar-refractivity contribution in [1.29, 1.82) is 0 Å². The van der Waals surface area contributed by atoms with Gasteiger partial charge in [-0.1, -0.05) is 6.92 Å². The number of nitrogens with two attached hydrogens (primary N) is 1. The Labute approximate surface area is 92.7 Å². The molecule has 0 rings (SSSR count). The van der Waals surface area contributed by atoms with Crippen LogP contribution in [0.5, 0.6) is 0 Å². The molecule has 15 heavy (non-hydrogen) atoms. The summed E-state index contributed by atoms with van der Waals surface area (Å²) in [5, 5.41) is 0. The first-order valence-electron chi connectivity index (χ1n) is 5.45. The van der Waals surface area contributed by atoms with Crippen LogP contribution in [0.15, 0.2) is 4.99 Å². The number of hydrazine groups is 1. The van der Waals surface area contributed by atoms with E-state index in [4.69, 9.17) is 10.6 Å². The van der Waals surface area contributed by atoms with E-state index in [0.29, 0.717) is 12.6 Å². The van der Waals surface area contributed by atoms with Gasteiger partial charge >= 0.3 is 0 Å². The van der Waals surface area contributed by atoms with Gasteiger partial charge in [-0.3, -0.25) is 10.4 Å². The largest absolute Gasteiger partial charge is 0.377 e. The Kier molecular flexibility index (Phi) is 8.04. The number of guanidine groups is 1. The normalized spacial score (nSPS) is 12.0. The van der Waals surface area contributed by atoms with Gasteiger partial charge in [0.2, 0.25) is 5.96 Å². The minimum absolute atomic E-state index is 0.264. The van der Waals surface area contributed by atoms with Crippen LogP contribution in [-0.2, 0) is 4.74 Å². The topological polar surface area (TPSA) is 62.9 Å². The average molecular weight is 216 g/mol. The Bertz CT molecular complexity index is 182. The standard InChI is InChI=1S/C10H24N4O/c1-5-6-12-10(13-11)14(4)7-8-15-9(2)3/h9H,5-8,11H2,1-4H3,(H,12,13). The highest BCUT2D eigenvalue weighted by atomic mass is 16.5. The van der Waals surface area contributed by atoms with Gasteiger partial charge in [0.05, 0.1) is 12.7 Å². The van der Waals surface area contributed by atoms with Crippen LogP contribution in [0.2, 0.25) is 0 Å². The molecule has 0 heterocycles. The Hall–Kier alpha value is -0.810. The van der Waals surface area contributed by atoms with Crippen LogP contribution in [0.3, 0.4) is 0 Å². The fourth-order valence-electron chi connectivity index (χ4n) is 1.03. The van der Waals surface area contributed by atoms with Crippen molar-refractivity contribution in [2.24, 2.45) is 10.8 Å². The fourth-order valence-corrected chi connectivity index (χ4v) is 1.03. The summed E-state index contributed by atoms with van der Waals surface area (Å²) in [6, 6.07) is 0. The molecule has 0 amide bonds. The molecular formula is C10H24N4O. The van der Waals surface area contributed by atoms with Crippen LogP contribution in [0, 0.1) is 0 Å². The second-order valence-corrected chi connectivity index (χ2v) is 3.69. The molecule has 0 aromatic rings. The molecule has 90 valence electrons. The van der Waals surface area contributed by atoms with Gasteiger partial charge in [-0.05, 0) is 20.3 Å². The fraction of sp³-hybridized carbons (Fsp3) is 0.900. The predicted molar refractivity (Wildman–Crippen MR) is 63.6 cm³/mol. The Morgan fingerprint density at radius 2 is 2.20 bits per heavy atom. The van der Waals surface area contributed by atoms with Crippen molar-refractivity contribution in [3.63, 3.8) is 0 Å². The highest BCUT2D eigenvalue weighted by molar-refractivity contribution is 5.79. The zero-order valence-corrected chi connectivity index (χ0v) is 10.3. The van der Waals surface area contributed by atoms with Gasteiger partial charge in [0.25, 0.3) is 0 Å². The summed E-state index contributed by atoms with van der Waals surface area (Å²) in [5.74, 6) is 6.09. The van der Waals surface area contributed by atoms with Crippen LogP contribution >= 0.6 is 0 Å². The number of nitrogens with one attached hydrogen (secondary N) is 1. The molecule has 0 aliphatic heterocycles. The molecule has 5 heteroatoms. The zero-order valence-electron chi connectivity index (χ0n) is 10.3. The number of ether oxygens (including phenoxy) is 1. The summed E-state index contributed by atoms with van der Waals surface area (Å²) in [6.45, 7) is 8.38. The molecule has 0 fully saturated rings. The van der Waals surface area contributed by atoms with Gasteiger partial charge in [-0.15, -0.1) is 0 Å². The summed E-state index contributed by atoms with van der Waals surface area (Å²) in [4.78, 5) is 6.27. The van der Waals surface area contributed by atoms with Crippen molar-refractivity contribution in [2.75, 3.05) is 26.7 Å². The van der Waals surface area contributed by atoms with Gasteiger partial charge in [0.1, 0.15) is 0 Å².